The molecular formula is C10H20N2. The van der Waals surface area contributed by atoms with Gasteiger partial charge in [0.1, 0.15) is 0 Å². The number of hydrogen-bond acceptors (Lipinski definition) is 2. The Morgan fingerprint density at radius 1 is 1.17 bits per heavy atom. The molecular weight excluding hydrogens is 148 g/mol. The van der Waals surface area contributed by atoms with Crippen molar-refractivity contribution < 1.29 is 0 Å². The van der Waals surface area contributed by atoms with Crippen LogP contribution in [0.25, 0.3) is 0 Å². The standard InChI is InChI=1S/C10H20N2/c1-8(2)12-6-5-10(7-12)11-9-3-4-9/h8-11H,3-7H2,1-2H3/t10-/m1/s1. The first kappa shape index (κ1) is 8.52. The van der Waals surface area contributed by atoms with Gasteiger partial charge in [-0.3, -0.25) is 4.90 Å². The predicted octanol–water partition coefficient (Wildman–Crippen LogP) is 1.22. The van der Waals surface area contributed by atoms with Crippen molar-refractivity contribution in [1.82, 2.24) is 10.2 Å². The number of nitrogens with one attached hydrogen (secondary N) is 1. The van der Waals surface area contributed by atoms with Gasteiger partial charge in [-0.2, -0.15) is 0 Å². The summed E-state index contributed by atoms with van der Waals surface area (Å²) in [6.07, 6.45) is 4.19. The molecule has 1 N–H and O–H groups in total. The summed E-state index contributed by atoms with van der Waals surface area (Å²) in [5, 5.41) is 3.70. The van der Waals surface area contributed by atoms with Gasteiger partial charge in [-0.05, 0) is 39.7 Å². The van der Waals surface area contributed by atoms with Crippen molar-refractivity contribution in [3.8, 4) is 0 Å². The molecule has 1 aliphatic carbocycles. The lowest BCUT2D eigenvalue weighted by atomic mass is 10.2. The molecule has 70 valence electrons. The van der Waals surface area contributed by atoms with Crippen LogP contribution < -0.4 is 5.32 Å². The molecule has 0 aromatic rings. The molecule has 1 aliphatic heterocycles. The van der Waals surface area contributed by atoms with E-state index in [1.54, 1.807) is 0 Å². The maximum Gasteiger partial charge on any atom is 0.0209 e. The van der Waals surface area contributed by atoms with E-state index < -0.39 is 0 Å². The molecule has 2 nitrogen and oxygen atoms in total. The topological polar surface area (TPSA) is 15.3 Å². The molecule has 0 aromatic carbocycles. The van der Waals surface area contributed by atoms with Crippen molar-refractivity contribution >= 4 is 0 Å². The lowest BCUT2D eigenvalue weighted by Crippen LogP contribution is -2.36. The van der Waals surface area contributed by atoms with Crippen LogP contribution in [0.4, 0.5) is 0 Å². The second kappa shape index (κ2) is 3.35. The van der Waals surface area contributed by atoms with E-state index in [1.807, 2.05) is 0 Å². The van der Waals surface area contributed by atoms with E-state index in [-0.39, 0.29) is 0 Å². The molecule has 1 saturated heterocycles. The number of rotatable bonds is 3. The molecule has 0 unspecified atom stereocenters. The maximum absolute atomic E-state index is 3.70. The van der Waals surface area contributed by atoms with E-state index in [4.69, 9.17) is 0 Å². The minimum absolute atomic E-state index is 0.732. The summed E-state index contributed by atoms with van der Waals surface area (Å²) in [4.78, 5) is 2.57. The van der Waals surface area contributed by atoms with E-state index in [0.717, 1.165) is 18.1 Å². The molecule has 2 aliphatic rings. The Hall–Kier alpha value is -0.0800. The molecule has 1 heterocycles. The molecule has 0 radical (unpaired) electrons. The molecule has 0 bridgehead atoms. The summed E-state index contributed by atoms with van der Waals surface area (Å²) in [6, 6.07) is 2.40. The van der Waals surface area contributed by atoms with Crippen molar-refractivity contribution in [3.05, 3.63) is 0 Å². The third kappa shape index (κ3) is 1.99. The fourth-order valence-corrected chi connectivity index (χ4v) is 1.98. The van der Waals surface area contributed by atoms with Crippen LogP contribution in [0.5, 0.6) is 0 Å². The molecule has 2 rings (SSSR count). The van der Waals surface area contributed by atoms with E-state index in [2.05, 4.69) is 24.1 Å². The van der Waals surface area contributed by atoms with Crippen molar-refractivity contribution in [2.24, 2.45) is 0 Å². The fraction of sp³-hybridized carbons (Fsp3) is 1.00. The Bertz CT molecular complexity index is 152. The first-order chi connectivity index (χ1) is 5.75. The predicted molar refractivity (Wildman–Crippen MR) is 51.3 cm³/mol. The molecule has 2 fully saturated rings. The van der Waals surface area contributed by atoms with Crippen LogP contribution in [0.1, 0.15) is 33.1 Å². The monoisotopic (exact) mass is 168 g/mol. The number of hydrogen-bond donors (Lipinski definition) is 1. The highest BCUT2D eigenvalue weighted by Gasteiger charge is 2.29. The summed E-state index contributed by atoms with van der Waals surface area (Å²) in [7, 11) is 0. The lowest BCUT2D eigenvalue weighted by Gasteiger charge is -2.20. The summed E-state index contributed by atoms with van der Waals surface area (Å²) in [5.41, 5.74) is 0. The molecule has 2 heteroatoms. The van der Waals surface area contributed by atoms with Gasteiger partial charge in [-0.1, -0.05) is 0 Å². The molecule has 0 aromatic heterocycles. The Balaban J connectivity index is 1.73. The zero-order chi connectivity index (χ0) is 8.55. The van der Waals surface area contributed by atoms with E-state index >= 15 is 0 Å². The summed E-state index contributed by atoms with van der Waals surface area (Å²) in [6.45, 7) is 7.15. The zero-order valence-electron chi connectivity index (χ0n) is 8.21. The van der Waals surface area contributed by atoms with Crippen LogP contribution >= 0.6 is 0 Å². The highest BCUT2D eigenvalue weighted by molar-refractivity contribution is 4.90. The van der Waals surface area contributed by atoms with E-state index in [1.165, 1.54) is 32.4 Å². The van der Waals surface area contributed by atoms with Gasteiger partial charge in [-0.15, -0.1) is 0 Å². The van der Waals surface area contributed by atoms with Gasteiger partial charge in [-0.25, -0.2) is 0 Å². The van der Waals surface area contributed by atoms with Crippen LogP contribution in [-0.4, -0.2) is 36.1 Å². The van der Waals surface area contributed by atoms with Gasteiger partial charge >= 0.3 is 0 Å². The molecule has 12 heavy (non-hydrogen) atoms. The Labute approximate surface area is 75.3 Å². The van der Waals surface area contributed by atoms with E-state index in [0.29, 0.717) is 0 Å². The molecule has 0 amide bonds. The molecule has 1 atom stereocenters. The van der Waals surface area contributed by atoms with Crippen LogP contribution in [0.2, 0.25) is 0 Å². The van der Waals surface area contributed by atoms with Gasteiger partial charge in [0, 0.05) is 24.7 Å². The van der Waals surface area contributed by atoms with Gasteiger partial charge in [0.25, 0.3) is 0 Å². The van der Waals surface area contributed by atoms with E-state index in [9.17, 15) is 0 Å². The number of nitrogens with zero attached hydrogens (tertiary/aromatic N) is 1. The quantitative estimate of drug-likeness (QED) is 0.681. The minimum Gasteiger partial charge on any atom is -0.310 e. The molecule has 1 saturated carbocycles. The maximum atomic E-state index is 3.70. The van der Waals surface area contributed by atoms with Gasteiger partial charge in [0.15, 0.2) is 0 Å². The minimum atomic E-state index is 0.732. The Morgan fingerprint density at radius 2 is 1.92 bits per heavy atom. The third-order valence-electron chi connectivity index (χ3n) is 3.00. The number of likely N-dealkylation sites (tertiary alicyclic amines) is 1. The lowest BCUT2D eigenvalue weighted by molar-refractivity contribution is 0.268. The smallest absolute Gasteiger partial charge is 0.0209 e. The van der Waals surface area contributed by atoms with Gasteiger partial charge < -0.3 is 5.32 Å². The highest BCUT2D eigenvalue weighted by Crippen LogP contribution is 2.22. The Kier molecular flexibility index (Phi) is 2.37. The second-order valence-electron chi connectivity index (χ2n) is 4.52. The van der Waals surface area contributed by atoms with Crippen molar-refractivity contribution in [2.45, 2.75) is 51.2 Å². The van der Waals surface area contributed by atoms with Crippen molar-refractivity contribution in [3.63, 3.8) is 0 Å². The SMILES string of the molecule is CC(C)N1CC[C@@H](NC2CC2)C1. The summed E-state index contributed by atoms with van der Waals surface area (Å²) in [5.74, 6) is 0. The fourth-order valence-electron chi connectivity index (χ4n) is 1.98. The summed E-state index contributed by atoms with van der Waals surface area (Å²) >= 11 is 0. The third-order valence-corrected chi connectivity index (χ3v) is 3.00. The van der Waals surface area contributed by atoms with Crippen molar-refractivity contribution in [1.29, 1.82) is 0 Å². The van der Waals surface area contributed by atoms with Crippen LogP contribution in [-0.2, 0) is 0 Å². The zero-order valence-corrected chi connectivity index (χ0v) is 8.21. The largest absolute Gasteiger partial charge is 0.310 e. The Morgan fingerprint density at radius 3 is 2.42 bits per heavy atom. The van der Waals surface area contributed by atoms with Crippen LogP contribution in [0.15, 0.2) is 0 Å². The van der Waals surface area contributed by atoms with Crippen LogP contribution in [0, 0.1) is 0 Å². The second-order valence-corrected chi connectivity index (χ2v) is 4.52. The molecule has 0 spiro atoms. The normalized spacial score (nSPS) is 31.8. The summed E-state index contributed by atoms with van der Waals surface area (Å²) < 4.78 is 0. The van der Waals surface area contributed by atoms with Crippen LogP contribution in [0.3, 0.4) is 0 Å². The van der Waals surface area contributed by atoms with Gasteiger partial charge in [0.05, 0.1) is 0 Å². The van der Waals surface area contributed by atoms with Crippen molar-refractivity contribution in [2.75, 3.05) is 13.1 Å². The average molecular weight is 168 g/mol. The first-order valence-corrected chi connectivity index (χ1v) is 5.26. The highest BCUT2D eigenvalue weighted by atomic mass is 15.2. The average Bonchev–Trinajstić information content (AvgIpc) is 2.66. The van der Waals surface area contributed by atoms with Gasteiger partial charge in [0.2, 0.25) is 0 Å². The first-order valence-electron chi connectivity index (χ1n) is 5.26.